The molecular weight excluding hydrogens is 218 g/mol. The Morgan fingerprint density at radius 3 is 3.24 bits per heavy atom. The Balaban J connectivity index is 1.95. The minimum atomic E-state index is -0.665. The lowest BCUT2D eigenvalue weighted by molar-refractivity contribution is -0.000830. The molecule has 1 aliphatic rings. The molecule has 5 heteroatoms. The number of hydrogen-bond acceptors (Lipinski definition) is 4. The Kier molecular flexibility index (Phi) is 3.47. The predicted molar refractivity (Wildman–Crippen MR) is 65.9 cm³/mol. The number of nitrogens with one attached hydrogen (secondary N) is 2. The first-order chi connectivity index (χ1) is 8.07. The van der Waals surface area contributed by atoms with Crippen LogP contribution in [0.3, 0.4) is 0 Å². The fraction of sp³-hybridized carbons (Fsp3) is 0.667. The highest BCUT2D eigenvalue weighted by molar-refractivity contribution is 5.32. The Morgan fingerprint density at radius 2 is 2.53 bits per heavy atom. The van der Waals surface area contributed by atoms with Crippen molar-refractivity contribution in [1.82, 2.24) is 9.97 Å². The van der Waals surface area contributed by atoms with Gasteiger partial charge in [-0.3, -0.25) is 4.79 Å². The summed E-state index contributed by atoms with van der Waals surface area (Å²) in [4.78, 5) is 17.5. The van der Waals surface area contributed by atoms with Crippen molar-refractivity contribution in [3.8, 4) is 0 Å². The van der Waals surface area contributed by atoms with Crippen LogP contribution in [0.2, 0.25) is 0 Å². The third-order valence-electron chi connectivity index (χ3n) is 3.34. The molecule has 0 aromatic carbocycles. The van der Waals surface area contributed by atoms with E-state index in [-0.39, 0.29) is 5.56 Å². The van der Waals surface area contributed by atoms with Crippen LogP contribution in [0.1, 0.15) is 32.6 Å². The van der Waals surface area contributed by atoms with Gasteiger partial charge < -0.3 is 15.4 Å². The second kappa shape index (κ2) is 4.87. The first-order valence-electron chi connectivity index (χ1n) is 6.08. The van der Waals surface area contributed by atoms with Gasteiger partial charge in [0.2, 0.25) is 0 Å². The monoisotopic (exact) mass is 237 g/mol. The zero-order valence-electron chi connectivity index (χ0n) is 10.1. The van der Waals surface area contributed by atoms with Crippen molar-refractivity contribution in [3.05, 3.63) is 22.7 Å². The molecule has 1 aromatic heterocycles. The molecule has 1 aliphatic carbocycles. The van der Waals surface area contributed by atoms with E-state index in [1.165, 1.54) is 18.8 Å². The number of nitrogens with zero attached hydrogens (tertiary/aromatic N) is 1. The minimum Gasteiger partial charge on any atom is -0.388 e. The second-order valence-corrected chi connectivity index (χ2v) is 5.08. The van der Waals surface area contributed by atoms with Crippen molar-refractivity contribution in [1.29, 1.82) is 0 Å². The minimum absolute atomic E-state index is 0.188. The van der Waals surface area contributed by atoms with Gasteiger partial charge in [-0.25, -0.2) is 4.98 Å². The number of hydrogen-bond donors (Lipinski definition) is 3. The summed E-state index contributed by atoms with van der Waals surface area (Å²) >= 11 is 0. The first kappa shape index (κ1) is 12.1. The second-order valence-electron chi connectivity index (χ2n) is 5.08. The molecule has 2 rings (SSSR count). The fourth-order valence-electron chi connectivity index (χ4n) is 2.51. The van der Waals surface area contributed by atoms with E-state index < -0.39 is 5.60 Å². The molecule has 0 saturated heterocycles. The summed E-state index contributed by atoms with van der Waals surface area (Å²) < 4.78 is 0. The van der Waals surface area contributed by atoms with Crippen LogP contribution >= 0.6 is 0 Å². The third-order valence-corrected chi connectivity index (χ3v) is 3.34. The van der Waals surface area contributed by atoms with Crippen LogP contribution in [0, 0.1) is 5.92 Å². The van der Waals surface area contributed by atoms with Crippen LogP contribution in [0.15, 0.2) is 17.2 Å². The van der Waals surface area contributed by atoms with E-state index in [2.05, 4.69) is 22.2 Å². The van der Waals surface area contributed by atoms with Crippen LogP contribution in [0.25, 0.3) is 0 Å². The lowest BCUT2D eigenvalue weighted by Crippen LogP contribution is -2.41. The summed E-state index contributed by atoms with van der Waals surface area (Å²) in [6, 6.07) is 1.40. The summed E-state index contributed by atoms with van der Waals surface area (Å²) in [5.41, 5.74) is -0.853. The van der Waals surface area contributed by atoms with Gasteiger partial charge in [-0.05, 0) is 18.8 Å². The van der Waals surface area contributed by atoms with Crippen molar-refractivity contribution in [2.75, 3.05) is 11.9 Å². The quantitative estimate of drug-likeness (QED) is 0.736. The van der Waals surface area contributed by atoms with Crippen molar-refractivity contribution in [2.24, 2.45) is 5.92 Å². The molecule has 94 valence electrons. The van der Waals surface area contributed by atoms with E-state index in [4.69, 9.17) is 0 Å². The number of aromatic nitrogens is 2. The Hall–Kier alpha value is -1.36. The number of H-pyrrole nitrogens is 1. The van der Waals surface area contributed by atoms with Crippen LogP contribution in [0.5, 0.6) is 0 Å². The average molecular weight is 237 g/mol. The molecule has 0 bridgehead atoms. The van der Waals surface area contributed by atoms with E-state index in [1.54, 1.807) is 0 Å². The summed E-state index contributed by atoms with van der Waals surface area (Å²) in [7, 11) is 0. The number of aromatic amines is 1. The molecule has 1 heterocycles. The van der Waals surface area contributed by atoms with Gasteiger partial charge in [0.15, 0.2) is 0 Å². The molecule has 0 spiro atoms. The summed E-state index contributed by atoms with van der Waals surface area (Å²) in [6.07, 6.45) is 5.22. The maximum atomic E-state index is 11.1. The van der Waals surface area contributed by atoms with Gasteiger partial charge in [-0.1, -0.05) is 19.8 Å². The molecule has 1 saturated carbocycles. The SMILES string of the molecule is CC1CCCC(O)(CNc2cc(=O)[nH]cn2)C1. The molecule has 3 N–H and O–H groups in total. The predicted octanol–water partition coefficient (Wildman–Crippen LogP) is 1.12. The maximum absolute atomic E-state index is 11.1. The fourth-order valence-corrected chi connectivity index (χ4v) is 2.51. The largest absolute Gasteiger partial charge is 0.388 e. The zero-order chi connectivity index (χ0) is 12.3. The Morgan fingerprint density at radius 1 is 1.71 bits per heavy atom. The zero-order valence-corrected chi connectivity index (χ0v) is 10.1. The summed E-state index contributed by atoms with van der Waals surface area (Å²) in [5, 5.41) is 13.4. The highest BCUT2D eigenvalue weighted by Crippen LogP contribution is 2.32. The standard InChI is InChI=1S/C12H19N3O2/c1-9-3-2-4-12(17,6-9)7-13-10-5-11(16)15-8-14-10/h5,8-9,17H,2-4,6-7H2,1H3,(H2,13,14,15,16). The Bertz CT molecular complexity index is 432. The van der Waals surface area contributed by atoms with Crippen molar-refractivity contribution < 1.29 is 5.11 Å². The molecule has 5 nitrogen and oxygen atoms in total. The lowest BCUT2D eigenvalue weighted by Gasteiger charge is -2.35. The number of rotatable bonds is 3. The smallest absolute Gasteiger partial charge is 0.252 e. The van der Waals surface area contributed by atoms with E-state index in [0.717, 1.165) is 19.3 Å². The molecule has 2 unspecified atom stereocenters. The number of anilines is 1. The van der Waals surface area contributed by atoms with Crippen LogP contribution in [0.4, 0.5) is 5.82 Å². The van der Waals surface area contributed by atoms with Gasteiger partial charge in [-0.2, -0.15) is 0 Å². The molecule has 1 fully saturated rings. The molecule has 1 aromatic rings. The van der Waals surface area contributed by atoms with E-state index >= 15 is 0 Å². The highest BCUT2D eigenvalue weighted by Gasteiger charge is 2.32. The highest BCUT2D eigenvalue weighted by atomic mass is 16.3. The lowest BCUT2D eigenvalue weighted by atomic mass is 9.79. The molecule has 0 aliphatic heterocycles. The first-order valence-corrected chi connectivity index (χ1v) is 6.08. The third kappa shape index (κ3) is 3.30. The van der Waals surface area contributed by atoms with Crippen molar-refractivity contribution >= 4 is 5.82 Å². The van der Waals surface area contributed by atoms with Crippen LogP contribution < -0.4 is 10.9 Å². The normalized spacial score (nSPS) is 28.9. The van der Waals surface area contributed by atoms with E-state index in [1.807, 2.05) is 0 Å². The van der Waals surface area contributed by atoms with Crippen molar-refractivity contribution in [3.63, 3.8) is 0 Å². The molecule has 2 atom stereocenters. The summed E-state index contributed by atoms with van der Waals surface area (Å²) in [6.45, 7) is 2.61. The molecule has 0 amide bonds. The van der Waals surface area contributed by atoms with Crippen LogP contribution in [-0.4, -0.2) is 27.2 Å². The van der Waals surface area contributed by atoms with E-state index in [9.17, 15) is 9.90 Å². The molecule has 17 heavy (non-hydrogen) atoms. The maximum Gasteiger partial charge on any atom is 0.252 e. The van der Waals surface area contributed by atoms with Crippen LogP contribution in [-0.2, 0) is 0 Å². The Labute approximate surface area is 100 Å². The van der Waals surface area contributed by atoms with Crippen molar-refractivity contribution in [2.45, 2.75) is 38.2 Å². The molecule has 0 radical (unpaired) electrons. The van der Waals surface area contributed by atoms with Gasteiger partial charge in [0.1, 0.15) is 5.82 Å². The van der Waals surface area contributed by atoms with Gasteiger partial charge in [-0.15, -0.1) is 0 Å². The topological polar surface area (TPSA) is 78.0 Å². The van der Waals surface area contributed by atoms with Gasteiger partial charge in [0.25, 0.3) is 5.56 Å². The van der Waals surface area contributed by atoms with Gasteiger partial charge in [0, 0.05) is 12.6 Å². The molecular formula is C12H19N3O2. The average Bonchev–Trinajstić information content (AvgIpc) is 2.26. The van der Waals surface area contributed by atoms with Gasteiger partial charge >= 0.3 is 0 Å². The van der Waals surface area contributed by atoms with Gasteiger partial charge in [0.05, 0.1) is 11.9 Å². The van der Waals surface area contributed by atoms with E-state index in [0.29, 0.717) is 18.3 Å². The number of aliphatic hydroxyl groups is 1. The summed E-state index contributed by atoms with van der Waals surface area (Å²) in [5.74, 6) is 1.07.